The van der Waals surface area contributed by atoms with Gasteiger partial charge in [-0.05, 0) is 18.2 Å². The molecule has 0 atom stereocenters. The zero-order valence-corrected chi connectivity index (χ0v) is 20.3. The molecule has 34 heavy (non-hydrogen) atoms. The van der Waals surface area contributed by atoms with Crippen molar-refractivity contribution in [3.8, 4) is 5.75 Å². The third-order valence-corrected chi connectivity index (χ3v) is 6.80. The molecule has 0 aliphatic rings. The molecule has 3 rings (SSSR count). The highest BCUT2D eigenvalue weighted by Gasteiger charge is 2.21. The molecule has 10 nitrogen and oxygen atoms in total. The van der Waals surface area contributed by atoms with Gasteiger partial charge in [0.15, 0.2) is 22.3 Å². The normalized spacial score (nSPS) is 11.1. The lowest BCUT2D eigenvalue weighted by Crippen LogP contribution is -2.36. The molecule has 3 aromatic rings. The van der Waals surface area contributed by atoms with E-state index in [0.717, 1.165) is 0 Å². The highest BCUT2D eigenvalue weighted by Crippen LogP contribution is 2.33. The van der Waals surface area contributed by atoms with E-state index in [4.69, 9.17) is 44.1 Å². The SMILES string of the molecule is O=C(COc1cc(Cl)c(Cl)cc1Cl)NCCNC(=O)c1nc(CS(=O)(=O)c2ccccc2)no1. The fourth-order valence-corrected chi connectivity index (χ4v) is 4.34. The lowest BCUT2D eigenvalue weighted by atomic mass is 10.3. The van der Waals surface area contributed by atoms with Crippen molar-refractivity contribution in [1.82, 2.24) is 20.8 Å². The molecular formula is C20H17Cl3N4O6S. The Balaban J connectivity index is 1.41. The second-order valence-corrected chi connectivity index (χ2v) is 9.89. The number of amides is 2. The molecule has 2 aromatic carbocycles. The van der Waals surface area contributed by atoms with E-state index in [0.29, 0.717) is 0 Å². The molecule has 1 heterocycles. The first-order chi connectivity index (χ1) is 16.2. The average molecular weight is 548 g/mol. The lowest BCUT2D eigenvalue weighted by molar-refractivity contribution is -0.123. The number of carbonyl (C=O) groups excluding carboxylic acids is 2. The van der Waals surface area contributed by atoms with Gasteiger partial charge in [0.05, 0.1) is 20.0 Å². The van der Waals surface area contributed by atoms with Crippen LogP contribution in [0.15, 0.2) is 51.9 Å². The number of hydrogen-bond acceptors (Lipinski definition) is 8. The highest BCUT2D eigenvalue weighted by atomic mass is 35.5. The molecule has 0 unspecified atom stereocenters. The first-order valence-electron chi connectivity index (χ1n) is 9.58. The zero-order chi connectivity index (χ0) is 24.7. The Labute approximate surface area is 209 Å². The summed E-state index contributed by atoms with van der Waals surface area (Å²) in [4.78, 5) is 27.9. The van der Waals surface area contributed by atoms with E-state index in [9.17, 15) is 18.0 Å². The Morgan fingerprint density at radius 3 is 2.38 bits per heavy atom. The van der Waals surface area contributed by atoms with Crippen LogP contribution in [-0.4, -0.2) is 50.1 Å². The maximum absolute atomic E-state index is 12.4. The van der Waals surface area contributed by atoms with E-state index in [2.05, 4.69) is 20.8 Å². The van der Waals surface area contributed by atoms with Crippen LogP contribution in [0.3, 0.4) is 0 Å². The van der Waals surface area contributed by atoms with Crippen LogP contribution in [0.4, 0.5) is 0 Å². The van der Waals surface area contributed by atoms with Gasteiger partial charge in [-0.15, -0.1) is 0 Å². The van der Waals surface area contributed by atoms with Gasteiger partial charge in [0.2, 0.25) is 0 Å². The number of carbonyl (C=O) groups is 2. The largest absolute Gasteiger partial charge is 0.482 e. The molecule has 1 aromatic heterocycles. The number of rotatable bonds is 10. The Bertz CT molecular complexity index is 1280. The first kappa shape index (κ1) is 25.8. The number of hydrogen-bond donors (Lipinski definition) is 2. The van der Waals surface area contributed by atoms with Crippen LogP contribution in [0.5, 0.6) is 5.75 Å². The topological polar surface area (TPSA) is 140 Å². The second kappa shape index (κ2) is 11.5. The number of nitrogens with zero attached hydrogens (tertiary/aromatic N) is 2. The Hall–Kier alpha value is -2.86. The van der Waals surface area contributed by atoms with Gasteiger partial charge in [0.1, 0.15) is 11.5 Å². The van der Waals surface area contributed by atoms with E-state index in [1.54, 1.807) is 18.2 Å². The number of sulfone groups is 1. The maximum Gasteiger partial charge on any atom is 0.315 e. The standard InChI is InChI=1S/C20H17Cl3N4O6S/c21-13-8-15(23)16(9-14(13)22)32-10-18(28)24-6-7-25-19(29)20-26-17(27-33-20)11-34(30,31)12-4-2-1-3-5-12/h1-5,8-9H,6-7,10-11H2,(H,24,28)(H,25,29). The smallest absolute Gasteiger partial charge is 0.315 e. The van der Waals surface area contributed by atoms with Crippen molar-refractivity contribution >= 4 is 56.5 Å². The van der Waals surface area contributed by atoms with Crippen molar-refractivity contribution < 1.29 is 27.3 Å². The van der Waals surface area contributed by atoms with E-state index in [1.165, 1.54) is 24.3 Å². The molecule has 0 spiro atoms. The van der Waals surface area contributed by atoms with E-state index in [-0.39, 0.29) is 51.2 Å². The maximum atomic E-state index is 12.4. The van der Waals surface area contributed by atoms with Crippen molar-refractivity contribution in [2.75, 3.05) is 19.7 Å². The van der Waals surface area contributed by atoms with Gasteiger partial charge < -0.3 is 19.9 Å². The van der Waals surface area contributed by atoms with E-state index in [1.807, 2.05) is 0 Å². The second-order valence-electron chi connectivity index (χ2n) is 6.68. The van der Waals surface area contributed by atoms with Crippen LogP contribution in [0, 0.1) is 0 Å². The molecule has 0 aliphatic carbocycles. The van der Waals surface area contributed by atoms with Gasteiger partial charge in [-0.3, -0.25) is 9.59 Å². The molecule has 180 valence electrons. The molecule has 0 aliphatic heterocycles. The Kier molecular flexibility index (Phi) is 8.72. The van der Waals surface area contributed by atoms with Crippen LogP contribution >= 0.6 is 34.8 Å². The summed E-state index contributed by atoms with van der Waals surface area (Å²) in [7, 11) is -3.69. The molecule has 0 saturated heterocycles. The zero-order valence-electron chi connectivity index (χ0n) is 17.3. The summed E-state index contributed by atoms with van der Waals surface area (Å²) in [5.41, 5.74) is 0. The summed E-state index contributed by atoms with van der Waals surface area (Å²) in [5, 5.41) is 9.22. The monoisotopic (exact) mass is 546 g/mol. The van der Waals surface area contributed by atoms with Crippen molar-refractivity contribution in [1.29, 1.82) is 0 Å². The van der Waals surface area contributed by atoms with Crippen molar-refractivity contribution in [2.24, 2.45) is 0 Å². The summed E-state index contributed by atoms with van der Waals surface area (Å²) in [6.07, 6.45) is 0. The molecular weight excluding hydrogens is 531 g/mol. The first-order valence-corrected chi connectivity index (χ1v) is 12.4. The van der Waals surface area contributed by atoms with Gasteiger partial charge in [-0.25, -0.2) is 8.42 Å². The van der Waals surface area contributed by atoms with Gasteiger partial charge in [-0.2, -0.15) is 4.98 Å². The highest BCUT2D eigenvalue weighted by molar-refractivity contribution is 7.90. The van der Waals surface area contributed by atoms with E-state index < -0.39 is 33.3 Å². The number of nitrogens with one attached hydrogen (secondary N) is 2. The predicted molar refractivity (Wildman–Crippen MR) is 124 cm³/mol. The van der Waals surface area contributed by atoms with E-state index >= 15 is 0 Å². The fraction of sp³-hybridized carbons (Fsp3) is 0.200. The van der Waals surface area contributed by atoms with Crippen molar-refractivity contribution in [2.45, 2.75) is 10.6 Å². The van der Waals surface area contributed by atoms with Gasteiger partial charge in [0, 0.05) is 19.2 Å². The van der Waals surface area contributed by atoms with Crippen molar-refractivity contribution in [3.63, 3.8) is 0 Å². The summed E-state index contributed by atoms with van der Waals surface area (Å²) in [6, 6.07) is 10.6. The predicted octanol–water partition coefficient (Wildman–Crippen LogP) is 2.93. The molecule has 0 bridgehead atoms. The van der Waals surface area contributed by atoms with Crippen LogP contribution in [0.2, 0.25) is 15.1 Å². The molecule has 0 radical (unpaired) electrons. The van der Waals surface area contributed by atoms with Crippen LogP contribution in [-0.2, 0) is 20.4 Å². The number of benzene rings is 2. The van der Waals surface area contributed by atoms with Crippen LogP contribution in [0.1, 0.15) is 16.5 Å². The van der Waals surface area contributed by atoms with Crippen molar-refractivity contribution in [3.05, 3.63) is 69.2 Å². The van der Waals surface area contributed by atoms with Gasteiger partial charge in [0.25, 0.3) is 5.91 Å². The molecule has 14 heteroatoms. The molecule has 2 N–H and O–H groups in total. The number of aromatic nitrogens is 2. The van der Waals surface area contributed by atoms with Crippen LogP contribution < -0.4 is 15.4 Å². The molecule has 0 fully saturated rings. The lowest BCUT2D eigenvalue weighted by Gasteiger charge is -2.10. The average Bonchev–Trinajstić information content (AvgIpc) is 3.26. The third kappa shape index (κ3) is 7.07. The minimum atomic E-state index is -3.69. The Morgan fingerprint density at radius 2 is 1.65 bits per heavy atom. The summed E-state index contributed by atoms with van der Waals surface area (Å²) < 4.78 is 34.8. The quantitative estimate of drug-likeness (QED) is 0.292. The summed E-state index contributed by atoms with van der Waals surface area (Å²) >= 11 is 17.7. The summed E-state index contributed by atoms with van der Waals surface area (Å²) in [6.45, 7) is -0.223. The molecule has 2 amide bonds. The minimum Gasteiger partial charge on any atom is -0.482 e. The number of ether oxygens (including phenoxy) is 1. The minimum absolute atomic E-state index is 0.0398. The third-order valence-electron chi connectivity index (χ3n) is 4.15. The summed E-state index contributed by atoms with van der Waals surface area (Å²) in [5.74, 6) is -2.07. The van der Waals surface area contributed by atoms with Crippen LogP contribution in [0.25, 0.3) is 0 Å². The van der Waals surface area contributed by atoms with Gasteiger partial charge in [-0.1, -0.05) is 58.2 Å². The molecule has 0 saturated carbocycles. The Morgan fingerprint density at radius 1 is 0.971 bits per heavy atom. The fourth-order valence-electron chi connectivity index (χ4n) is 2.55. The number of halogens is 3. The van der Waals surface area contributed by atoms with Gasteiger partial charge >= 0.3 is 11.8 Å².